The van der Waals surface area contributed by atoms with Crippen LogP contribution in [0, 0.1) is 24.7 Å². The zero-order chi connectivity index (χ0) is 28.8. The third kappa shape index (κ3) is 10.7. The Kier molecular flexibility index (Phi) is 13.5. The van der Waals surface area contributed by atoms with Gasteiger partial charge in [-0.1, -0.05) is 93.8 Å². The first-order chi connectivity index (χ1) is 18.7. The summed E-state index contributed by atoms with van der Waals surface area (Å²) in [6.07, 6.45) is 6.89. The fourth-order valence-corrected chi connectivity index (χ4v) is 4.35. The highest BCUT2D eigenvalue weighted by molar-refractivity contribution is 5.94. The average Bonchev–Trinajstić information content (AvgIpc) is 2.93. The number of hydrogen-bond donors (Lipinski definition) is 1. The monoisotopic (exact) mass is 526 g/mol. The molecule has 0 aliphatic rings. The van der Waals surface area contributed by atoms with Crippen LogP contribution in [0.2, 0.25) is 0 Å². The van der Waals surface area contributed by atoms with Gasteiger partial charge in [0.1, 0.15) is 6.10 Å². The fraction of sp³-hybridized carbons (Fsp3) is 0.400. The molecule has 4 nitrogen and oxygen atoms in total. The van der Waals surface area contributed by atoms with Crippen molar-refractivity contribution in [3.63, 3.8) is 0 Å². The first-order valence-corrected chi connectivity index (χ1v) is 14.0. The van der Waals surface area contributed by atoms with Crippen LogP contribution in [0.15, 0.2) is 85.5 Å². The lowest BCUT2D eigenvalue weighted by Gasteiger charge is -2.33. The predicted octanol–water partition coefficient (Wildman–Crippen LogP) is 6.79. The highest BCUT2D eigenvalue weighted by Gasteiger charge is 2.24. The molecular formula is C35H46N2O2. The van der Waals surface area contributed by atoms with E-state index in [1.807, 2.05) is 60.4 Å². The van der Waals surface area contributed by atoms with Gasteiger partial charge in [0.15, 0.2) is 0 Å². The largest absolute Gasteiger partial charge is 0.376 e. The SMILES string of the molecule is C=C/C=C(\C=C)C(O)C#Cc1cccc(CN(C(=O)c2ccc(C)cc2)C(CC)CCN(C)CCC(C)C)c1. The summed E-state index contributed by atoms with van der Waals surface area (Å²) in [4.78, 5) is 18.2. The molecule has 2 aromatic carbocycles. The number of aliphatic hydroxyl groups is 1. The Morgan fingerprint density at radius 3 is 2.38 bits per heavy atom. The van der Waals surface area contributed by atoms with Gasteiger partial charge in [-0.25, -0.2) is 0 Å². The molecule has 208 valence electrons. The van der Waals surface area contributed by atoms with Crippen molar-refractivity contribution in [3.8, 4) is 11.8 Å². The quantitative estimate of drug-likeness (QED) is 0.218. The number of hydrogen-bond acceptors (Lipinski definition) is 3. The van der Waals surface area contributed by atoms with Crippen LogP contribution >= 0.6 is 0 Å². The highest BCUT2D eigenvalue weighted by Crippen LogP contribution is 2.20. The second kappa shape index (κ2) is 16.5. The van der Waals surface area contributed by atoms with Gasteiger partial charge in [-0.15, -0.1) is 0 Å². The van der Waals surface area contributed by atoms with Gasteiger partial charge in [-0.3, -0.25) is 4.79 Å². The zero-order valence-corrected chi connectivity index (χ0v) is 24.5. The van der Waals surface area contributed by atoms with Crippen LogP contribution in [0.4, 0.5) is 0 Å². The molecule has 2 atom stereocenters. The van der Waals surface area contributed by atoms with Crippen LogP contribution < -0.4 is 0 Å². The zero-order valence-electron chi connectivity index (χ0n) is 24.5. The van der Waals surface area contributed by atoms with E-state index in [-0.39, 0.29) is 11.9 Å². The van der Waals surface area contributed by atoms with E-state index < -0.39 is 6.10 Å². The third-order valence-electron chi connectivity index (χ3n) is 6.90. The molecule has 2 aromatic rings. The van der Waals surface area contributed by atoms with E-state index in [0.29, 0.717) is 23.6 Å². The Bertz CT molecular complexity index is 1170. The number of aryl methyl sites for hydroxylation is 1. The van der Waals surface area contributed by atoms with E-state index >= 15 is 0 Å². The summed E-state index contributed by atoms with van der Waals surface area (Å²) in [6.45, 7) is 18.6. The first-order valence-electron chi connectivity index (χ1n) is 14.0. The Labute approximate surface area is 236 Å². The molecule has 0 aromatic heterocycles. The Balaban J connectivity index is 2.30. The molecule has 1 amide bonds. The van der Waals surface area contributed by atoms with Crippen molar-refractivity contribution < 1.29 is 9.90 Å². The predicted molar refractivity (Wildman–Crippen MR) is 165 cm³/mol. The van der Waals surface area contributed by atoms with E-state index in [1.165, 1.54) is 6.42 Å². The van der Waals surface area contributed by atoms with Gasteiger partial charge in [0.25, 0.3) is 5.91 Å². The van der Waals surface area contributed by atoms with Gasteiger partial charge in [-0.05, 0) is 87.6 Å². The maximum atomic E-state index is 13.8. The molecule has 1 N–H and O–H groups in total. The third-order valence-corrected chi connectivity index (χ3v) is 6.90. The molecule has 0 aliphatic carbocycles. The van der Waals surface area contributed by atoms with E-state index in [9.17, 15) is 9.90 Å². The molecule has 39 heavy (non-hydrogen) atoms. The molecular weight excluding hydrogens is 480 g/mol. The first kappa shape index (κ1) is 31.8. The Hall–Kier alpha value is -3.39. The molecule has 0 saturated carbocycles. The Morgan fingerprint density at radius 1 is 1.08 bits per heavy atom. The second-order valence-electron chi connectivity index (χ2n) is 10.6. The summed E-state index contributed by atoms with van der Waals surface area (Å²) in [5.41, 5.74) is 4.24. The molecule has 0 fully saturated rings. The molecule has 0 aliphatic heterocycles. The van der Waals surface area contributed by atoms with E-state index in [4.69, 9.17) is 0 Å². The van der Waals surface area contributed by atoms with Crippen molar-refractivity contribution in [3.05, 3.63) is 108 Å². The smallest absolute Gasteiger partial charge is 0.254 e. The van der Waals surface area contributed by atoms with Gasteiger partial charge in [0.2, 0.25) is 0 Å². The van der Waals surface area contributed by atoms with Gasteiger partial charge < -0.3 is 14.9 Å². The van der Waals surface area contributed by atoms with Gasteiger partial charge >= 0.3 is 0 Å². The minimum Gasteiger partial charge on any atom is -0.376 e. The second-order valence-corrected chi connectivity index (χ2v) is 10.6. The van der Waals surface area contributed by atoms with Gasteiger partial charge in [0.05, 0.1) is 0 Å². The highest BCUT2D eigenvalue weighted by atomic mass is 16.3. The number of rotatable bonds is 14. The Morgan fingerprint density at radius 2 is 1.77 bits per heavy atom. The van der Waals surface area contributed by atoms with Crippen LogP contribution in [0.5, 0.6) is 0 Å². The number of carbonyl (C=O) groups excluding carboxylic acids is 1. The maximum absolute atomic E-state index is 13.8. The lowest BCUT2D eigenvalue weighted by atomic mass is 10.0. The number of benzene rings is 2. The molecule has 2 unspecified atom stereocenters. The van der Waals surface area contributed by atoms with Crippen molar-refractivity contribution in [2.45, 2.75) is 65.6 Å². The van der Waals surface area contributed by atoms with Crippen molar-refractivity contribution in [2.24, 2.45) is 5.92 Å². The van der Waals surface area contributed by atoms with Crippen LogP contribution in [0.25, 0.3) is 0 Å². The fourth-order valence-electron chi connectivity index (χ4n) is 4.35. The molecule has 0 bridgehead atoms. The minimum atomic E-state index is -0.944. The van der Waals surface area contributed by atoms with Gasteiger partial charge in [-0.2, -0.15) is 0 Å². The molecule has 0 radical (unpaired) electrons. The number of carbonyl (C=O) groups is 1. The van der Waals surface area contributed by atoms with Crippen LogP contribution in [-0.2, 0) is 6.54 Å². The average molecular weight is 527 g/mol. The summed E-state index contributed by atoms with van der Waals surface area (Å²) < 4.78 is 0. The lowest BCUT2D eigenvalue weighted by molar-refractivity contribution is 0.0633. The van der Waals surface area contributed by atoms with Crippen molar-refractivity contribution in [2.75, 3.05) is 20.1 Å². The molecule has 0 spiro atoms. The van der Waals surface area contributed by atoms with Crippen molar-refractivity contribution in [1.82, 2.24) is 9.80 Å². The summed E-state index contributed by atoms with van der Waals surface area (Å²) >= 11 is 0. The molecule has 0 heterocycles. The van der Waals surface area contributed by atoms with E-state index in [0.717, 1.165) is 42.6 Å². The van der Waals surface area contributed by atoms with Crippen LogP contribution in [-0.4, -0.2) is 53.1 Å². The number of aliphatic hydroxyl groups excluding tert-OH is 1. The van der Waals surface area contributed by atoms with Crippen molar-refractivity contribution >= 4 is 5.91 Å². The molecule has 0 saturated heterocycles. The molecule has 4 heteroatoms. The summed E-state index contributed by atoms with van der Waals surface area (Å²) in [5.74, 6) is 6.68. The van der Waals surface area contributed by atoms with E-state index in [1.54, 1.807) is 18.2 Å². The summed E-state index contributed by atoms with van der Waals surface area (Å²) in [7, 11) is 2.17. The van der Waals surface area contributed by atoms with Crippen LogP contribution in [0.3, 0.4) is 0 Å². The summed E-state index contributed by atoms with van der Waals surface area (Å²) in [6, 6.07) is 15.8. The lowest BCUT2D eigenvalue weighted by Crippen LogP contribution is -2.41. The van der Waals surface area contributed by atoms with Gasteiger partial charge in [0, 0.05) is 23.7 Å². The number of amides is 1. The number of allylic oxidation sites excluding steroid dienone is 2. The standard InChI is InChI=1S/C35H46N2O2/c1-8-12-31(9-2)34(38)20-17-29-13-11-14-30(25-29)26-37(35(39)32-18-15-28(6)16-19-32)33(10-3)22-24-36(7)23-21-27(4)5/h8-9,11-16,18-19,25,27,33-34,38H,1-2,10,21-24,26H2,3-7H3/b31-12+. The molecule has 2 rings (SSSR count). The van der Waals surface area contributed by atoms with Crippen LogP contribution in [0.1, 0.15) is 67.1 Å². The van der Waals surface area contributed by atoms with Crippen molar-refractivity contribution in [1.29, 1.82) is 0 Å². The maximum Gasteiger partial charge on any atom is 0.254 e. The topological polar surface area (TPSA) is 43.8 Å². The normalized spacial score (nSPS) is 13.0. The number of nitrogens with zero attached hydrogens (tertiary/aromatic N) is 2. The van der Waals surface area contributed by atoms with E-state index in [2.05, 4.69) is 57.7 Å². The summed E-state index contributed by atoms with van der Waals surface area (Å²) in [5, 5.41) is 10.4. The minimum absolute atomic E-state index is 0.0452.